The van der Waals surface area contributed by atoms with Crippen molar-refractivity contribution < 1.29 is 9.18 Å². The van der Waals surface area contributed by atoms with Crippen LogP contribution in [0, 0.1) is 12.7 Å². The molecule has 3 rings (SSSR count). The van der Waals surface area contributed by atoms with Crippen molar-refractivity contribution in [3.8, 4) is 0 Å². The van der Waals surface area contributed by atoms with Crippen molar-refractivity contribution in [1.82, 2.24) is 15.2 Å². The number of carbonyl (C=O) groups is 1. The van der Waals surface area contributed by atoms with Crippen LogP contribution in [0.3, 0.4) is 0 Å². The number of nitrogens with zero attached hydrogens (tertiary/aromatic N) is 1. The summed E-state index contributed by atoms with van der Waals surface area (Å²) >= 11 is 3.44. The Balaban J connectivity index is 1.89. The smallest absolute Gasteiger partial charge is 0.263 e. The minimum atomic E-state index is -0.351. The monoisotopic (exact) mass is 421 g/mol. The zero-order valence-electron chi connectivity index (χ0n) is 14.5. The van der Waals surface area contributed by atoms with Crippen LogP contribution in [0.25, 0.3) is 0 Å². The van der Waals surface area contributed by atoms with Crippen LogP contribution in [0.5, 0.6) is 0 Å². The van der Waals surface area contributed by atoms with Crippen molar-refractivity contribution in [2.24, 2.45) is 0 Å². The van der Waals surface area contributed by atoms with Crippen LogP contribution < -0.4 is 16.2 Å². The van der Waals surface area contributed by atoms with Crippen molar-refractivity contribution in [2.75, 3.05) is 13.1 Å². The van der Waals surface area contributed by atoms with Crippen LogP contribution in [0.1, 0.15) is 34.5 Å². The van der Waals surface area contributed by atoms with Gasteiger partial charge in [-0.2, -0.15) is 0 Å². The molecule has 7 heteroatoms. The van der Waals surface area contributed by atoms with Gasteiger partial charge in [0.1, 0.15) is 11.4 Å². The van der Waals surface area contributed by atoms with Gasteiger partial charge in [-0.25, -0.2) is 4.39 Å². The molecule has 1 aromatic carbocycles. The van der Waals surface area contributed by atoms with E-state index in [0.717, 1.165) is 37.2 Å². The van der Waals surface area contributed by atoms with E-state index in [1.165, 1.54) is 16.7 Å². The molecule has 26 heavy (non-hydrogen) atoms. The first-order valence-corrected chi connectivity index (χ1v) is 9.41. The highest BCUT2D eigenvalue weighted by Gasteiger charge is 2.21. The number of carbonyl (C=O) groups excluding carboxylic acids is 1. The fourth-order valence-electron chi connectivity index (χ4n) is 3.07. The molecule has 0 radical (unpaired) electrons. The van der Waals surface area contributed by atoms with E-state index in [4.69, 9.17) is 0 Å². The highest BCUT2D eigenvalue weighted by atomic mass is 79.9. The maximum atomic E-state index is 13.1. The van der Waals surface area contributed by atoms with Crippen LogP contribution in [-0.2, 0) is 6.54 Å². The fraction of sp³-hybridized carbons (Fsp3) is 0.368. The lowest BCUT2D eigenvalue weighted by molar-refractivity contribution is 0.0927. The average molecular weight is 422 g/mol. The van der Waals surface area contributed by atoms with Crippen LogP contribution in [0.2, 0.25) is 0 Å². The Bertz CT molecular complexity index is 858. The molecule has 1 aliphatic heterocycles. The predicted molar refractivity (Wildman–Crippen MR) is 102 cm³/mol. The number of amides is 1. The van der Waals surface area contributed by atoms with Gasteiger partial charge in [-0.15, -0.1) is 0 Å². The van der Waals surface area contributed by atoms with E-state index in [1.54, 1.807) is 18.2 Å². The molecule has 0 bridgehead atoms. The Morgan fingerprint density at radius 3 is 2.62 bits per heavy atom. The molecule has 1 amide bonds. The molecule has 0 aliphatic carbocycles. The lowest BCUT2D eigenvalue weighted by Gasteiger charge is -2.24. The number of pyridine rings is 1. The minimum absolute atomic E-state index is 0.0776. The van der Waals surface area contributed by atoms with Gasteiger partial charge in [0.25, 0.3) is 11.5 Å². The van der Waals surface area contributed by atoms with E-state index in [2.05, 4.69) is 26.6 Å². The highest BCUT2D eigenvalue weighted by Crippen LogP contribution is 2.17. The summed E-state index contributed by atoms with van der Waals surface area (Å²) in [7, 11) is 0. The summed E-state index contributed by atoms with van der Waals surface area (Å²) in [5, 5.41) is 6.20. The molecule has 138 valence electrons. The topological polar surface area (TPSA) is 63.1 Å². The third-order valence-corrected chi connectivity index (χ3v) is 5.47. The van der Waals surface area contributed by atoms with Gasteiger partial charge in [-0.3, -0.25) is 9.59 Å². The maximum absolute atomic E-state index is 13.1. The molecule has 0 unspecified atom stereocenters. The number of hydrogen-bond donors (Lipinski definition) is 2. The third-order valence-electron chi connectivity index (χ3n) is 4.67. The molecule has 1 aliphatic rings. The summed E-state index contributed by atoms with van der Waals surface area (Å²) in [5.41, 5.74) is 1.28. The van der Waals surface area contributed by atoms with Crippen LogP contribution in [-0.4, -0.2) is 29.6 Å². The van der Waals surface area contributed by atoms with Gasteiger partial charge in [0, 0.05) is 16.2 Å². The second-order valence-corrected chi connectivity index (χ2v) is 7.36. The molecule has 0 atom stereocenters. The minimum Gasteiger partial charge on any atom is -0.349 e. The Hall–Kier alpha value is -1.99. The molecule has 2 N–H and O–H groups in total. The molecule has 5 nitrogen and oxygen atoms in total. The second kappa shape index (κ2) is 8.14. The van der Waals surface area contributed by atoms with Gasteiger partial charge >= 0.3 is 0 Å². The largest absolute Gasteiger partial charge is 0.349 e. The quantitative estimate of drug-likeness (QED) is 0.797. The zero-order valence-corrected chi connectivity index (χ0v) is 16.1. The molecule has 1 fully saturated rings. The first kappa shape index (κ1) is 18.8. The standard InChI is InChI=1S/C19H21BrFN3O2/c1-12-17(20)10-16(18(25)23-15-6-8-22-9-7-15)19(26)24(12)11-13-2-4-14(21)5-3-13/h2-5,10,15,22H,6-9,11H2,1H3,(H,23,25). The molecular formula is C19H21BrFN3O2. The van der Waals surface area contributed by atoms with Crippen molar-refractivity contribution in [1.29, 1.82) is 0 Å². The van der Waals surface area contributed by atoms with E-state index in [0.29, 0.717) is 4.47 Å². The number of piperidine rings is 1. The van der Waals surface area contributed by atoms with E-state index in [-0.39, 0.29) is 35.4 Å². The van der Waals surface area contributed by atoms with Crippen molar-refractivity contribution >= 4 is 21.8 Å². The number of nitrogens with one attached hydrogen (secondary N) is 2. The Morgan fingerprint density at radius 1 is 1.31 bits per heavy atom. The summed E-state index contributed by atoms with van der Waals surface area (Å²) in [6.45, 7) is 3.80. The first-order valence-electron chi connectivity index (χ1n) is 8.61. The number of halogens is 2. The Morgan fingerprint density at radius 2 is 1.96 bits per heavy atom. The fourth-order valence-corrected chi connectivity index (χ4v) is 3.52. The van der Waals surface area contributed by atoms with E-state index in [1.807, 2.05) is 6.92 Å². The Labute approximate surface area is 159 Å². The molecule has 0 spiro atoms. The van der Waals surface area contributed by atoms with E-state index in [9.17, 15) is 14.0 Å². The molecule has 1 aromatic heterocycles. The van der Waals surface area contributed by atoms with Gasteiger partial charge in [0.05, 0.1) is 6.54 Å². The van der Waals surface area contributed by atoms with Gasteiger partial charge in [-0.1, -0.05) is 12.1 Å². The molecule has 2 aromatic rings. The van der Waals surface area contributed by atoms with Gasteiger partial charge in [0.2, 0.25) is 0 Å². The van der Waals surface area contributed by atoms with Crippen molar-refractivity contribution in [3.05, 3.63) is 67.8 Å². The average Bonchev–Trinajstić information content (AvgIpc) is 2.64. The molecule has 0 saturated carbocycles. The van der Waals surface area contributed by atoms with Gasteiger partial charge in [-0.05, 0) is 72.5 Å². The van der Waals surface area contributed by atoms with Crippen LogP contribution >= 0.6 is 15.9 Å². The first-order chi connectivity index (χ1) is 12.5. The third kappa shape index (κ3) is 4.22. The highest BCUT2D eigenvalue weighted by molar-refractivity contribution is 9.10. The maximum Gasteiger partial charge on any atom is 0.263 e. The van der Waals surface area contributed by atoms with Crippen LogP contribution in [0.15, 0.2) is 39.6 Å². The molecular weight excluding hydrogens is 401 g/mol. The molecule has 1 saturated heterocycles. The summed E-state index contributed by atoms with van der Waals surface area (Å²) in [6.07, 6.45) is 1.70. The predicted octanol–water partition coefficient (Wildman–Crippen LogP) is 2.59. The number of aromatic nitrogens is 1. The van der Waals surface area contributed by atoms with E-state index >= 15 is 0 Å². The summed E-state index contributed by atoms with van der Waals surface area (Å²) in [4.78, 5) is 25.5. The number of rotatable bonds is 4. The van der Waals surface area contributed by atoms with Gasteiger partial charge < -0.3 is 15.2 Å². The number of benzene rings is 1. The summed E-state index contributed by atoms with van der Waals surface area (Å²) < 4.78 is 15.3. The summed E-state index contributed by atoms with van der Waals surface area (Å²) in [6, 6.07) is 7.65. The lowest BCUT2D eigenvalue weighted by atomic mass is 10.1. The van der Waals surface area contributed by atoms with Gasteiger partial charge in [0.15, 0.2) is 0 Å². The zero-order chi connectivity index (χ0) is 18.7. The molecule has 2 heterocycles. The second-order valence-electron chi connectivity index (χ2n) is 6.51. The van der Waals surface area contributed by atoms with Crippen LogP contribution in [0.4, 0.5) is 4.39 Å². The summed E-state index contributed by atoms with van der Waals surface area (Å²) in [5.74, 6) is -0.676. The van der Waals surface area contributed by atoms with Crippen molar-refractivity contribution in [2.45, 2.75) is 32.4 Å². The number of hydrogen-bond acceptors (Lipinski definition) is 3. The van der Waals surface area contributed by atoms with Crippen molar-refractivity contribution in [3.63, 3.8) is 0 Å². The lowest BCUT2D eigenvalue weighted by Crippen LogP contribution is -2.44. The SMILES string of the molecule is Cc1c(Br)cc(C(=O)NC2CCNCC2)c(=O)n1Cc1ccc(F)cc1. The normalized spacial score (nSPS) is 15.0. The van der Waals surface area contributed by atoms with E-state index < -0.39 is 0 Å². The Kier molecular flexibility index (Phi) is 5.88.